The lowest BCUT2D eigenvalue weighted by molar-refractivity contribution is 0.0512. The van der Waals surface area contributed by atoms with E-state index in [-0.39, 0.29) is 12.4 Å². The number of nitriles is 1. The van der Waals surface area contributed by atoms with Gasteiger partial charge in [-0.1, -0.05) is 0 Å². The highest BCUT2D eigenvalue weighted by Crippen LogP contribution is 2.20. The van der Waals surface area contributed by atoms with Gasteiger partial charge in [-0.15, -0.1) is 15.0 Å². The molecule has 2 rings (SSSR count). The van der Waals surface area contributed by atoms with Crippen LogP contribution in [0.1, 0.15) is 23.1 Å². The number of esters is 1. The van der Waals surface area contributed by atoms with Crippen molar-refractivity contribution in [2.75, 3.05) is 13.7 Å². The monoisotopic (exact) mass is 273 g/mol. The van der Waals surface area contributed by atoms with Gasteiger partial charge in [-0.3, -0.25) is 0 Å². The van der Waals surface area contributed by atoms with Crippen LogP contribution in [0.15, 0.2) is 18.2 Å². The minimum atomic E-state index is -0.639. The number of aromatic nitrogens is 4. The van der Waals surface area contributed by atoms with Gasteiger partial charge >= 0.3 is 5.97 Å². The molecule has 0 radical (unpaired) electrons. The summed E-state index contributed by atoms with van der Waals surface area (Å²) in [5, 5.41) is 20.2. The molecule has 0 N–H and O–H groups in total. The topological polar surface area (TPSA) is 103 Å². The van der Waals surface area contributed by atoms with Gasteiger partial charge in [0.2, 0.25) is 0 Å². The number of benzene rings is 1. The molecule has 2 aromatic rings. The third kappa shape index (κ3) is 2.56. The first-order valence-electron chi connectivity index (χ1n) is 5.75. The van der Waals surface area contributed by atoms with Crippen LogP contribution < -0.4 is 4.74 Å². The van der Waals surface area contributed by atoms with Crippen molar-refractivity contribution >= 4 is 5.97 Å². The molecule has 0 unspecified atom stereocenters. The van der Waals surface area contributed by atoms with Crippen LogP contribution in [-0.4, -0.2) is 39.9 Å². The third-order valence-corrected chi connectivity index (χ3v) is 2.41. The van der Waals surface area contributed by atoms with Gasteiger partial charge in [-0.2, -0.15) is 5.26 Å². The SMILES string of the molecule is CCOC(=O)c1nnn(-c2ccc(C#N)c(OC)c2)n1. The Hall–Kier alpha value is -2.95. The number of tetrazole rings is 1. The molecule has 0 fully saturated rings. The fourth-order valence-corrected chi connectivity index (χ4v) is 1.50. The zero-order valence-corrected chi connectivity index (χ0v) is 10.9. The molecular weight excluding hydrogens is 262 g/mol. The molecule has 0 aliphatic carbocycles. The standard InChI is InChI=1S/C12H11N5O3/c1-3-20-12(18)11-14-16-17(15-11)9-5-4-8(7-13)10(6-9)19-2/h4-6H,3H2,1-2H3. The smallest absolute Gasteiger partial charge is 0.380 e. The molecule has 8 nitrogen and oxygen atoms in total. The molecule has 0 saturated carbocycles. The number of carbonyl (C=O) groups excluding carboxylic acids is 1. The van der Waals surface area contributed by atoms with E-state index in [1.54, 1.807) is 25.1 Å². The zero-order chi connectivity index (χ0) is 14.5. The highest BCUT2D eigenvalue weighted by Gasteiger charge is 2.15. The lowest BCUT2D eigenvalue weighted by Crippen LogP contribution is -2.07. The van der Waals surface area contributed by atoms with E-state index >= 15 is 0 Å². The van der Waals surface area contributed by atoms with Crippen LogP contribution in [0.4, 0.5) is 0 Å². The minimum Gasteiger partial charge on any atom is -0.495 e. The van der Waals surface area contributed by atoms with Crippen LogP contribution in [-0.2, 0) is 4.74 Å². The molecule has 0 bridgehead atoms. The Bertz CT molecular complexity index is 674. The Balaban J connectivity index is 2.33. The largest absolute Gasteiger partial charge is 0.495 e. The van der Waals surface area contributed by atoms with Crippen LogP contribution >= 0.6 is 0 Å². The highest BCUT2D eigenvalue weighted by atomic mass is 16.5. The fraction of sp³-hybridized carbons (Fsp3) is 0.250. The van der Waals surface area contributed by atoms with Crippen molar-refractivity contribution in [2.45, 2.75) is 6.92 Å². The van der Waals surface area contributed by atoms with Crippen LogP contribution in [0.5, 0.6) is 5.75 Å². The number of ether oxygens (including phenoxy) is 2. The van der Waals surface area contributed by atoms with E-state index < -0.39 is 5.97 Å². The van der Waals surface area contributed by atoms with Crippen LogP contribution in [0.3, 0.4) is 0 Å². The van der Waals surface area contributed by atoms with Gasteiger partial charge < -0.3 is 9.47 Å². The molecule has 1 aromatic heterocycles. The number of carbonyl (C=O) groups is 1. The highest BCUT2D eigenvalue weighted by molar-refractivity contribution is 5.84. The minimum absolute atomic E-state index is 0.129. The van der Waals surface area contributed by atoms with Gasteiger partial charge in [0.1, 0.15) is 11.8 Å². The number of hydrogen-bond acceptors (Lipinski definition) is 7. The Morgan fingerprint density at radius 3 is 2.95 bits per heavy atom. The lowest BCUT2D eigenvalue weighted by atomic mass is 10.2. The third-order valence-electron chi connectivity index (χ3n) is 2.41. The predicted octanol–water partition coefficient (Wildman–Crippen LogP) is 0.719. The van der Waals surface area contributed by atoms with Crippen LogP contribution in [0.25, 0.3) is 5.69 Å². The summed E-state index contributed by atoms with van der Waals surface area (Å²) in [5.41, 5.74) is 0.908. The van der Waals surface area contributed by atoms with E-state index in [0.29, 0.717) is 17.0 Å². The van der Waals surface area contributed by atoms with Gasteiger partial charge in [-0.05, 0) is 24.3 Å². The fourth-order valence-electron chi connectivity index (χ4n) is 1.50. The van der Waals surface area contributed by atoms with E-state index in [4.69, 9.17) is 14.7 Å². The van der Waals surface area contributed by atoms with Gasteiger partial charge in [0.05, 0.1) is 25.0 Å². The number of nitrogens with zero attached hydrogens (tertiary/aromatic N) is 5. The maximum absolute atomic E-state index is 11.4. The summed E-state index contributed by atoms with van der Waals surface area (Å²) in [6, 6.07) is 6.77. The molecule has 102 valence electrons. The van der Waals surface area contributed by atoms with Crippen molar-refractivity contribution in [1.82, 2.24) is 20.2 Å². The lowest BCUT2D eigenvalue weighted by Gasteiger charge is -2.04. The second-order valence-corrected chi connectivity index (χ2v) is 3.62. The Kier molecular flexibility index (Phi) is 3.91. The van der Waals surface area contributed by atoms with E-state index in [1.165, 1.54) is 7.11 Å². The van der Waals surface area contributed by atoms with Crippen molar-refractivity contribution in [1.29, 1.82) is 5.26 Å². The molecule has 0 aliphatic rings. The second kappa shape index (κ2) is 5.79. The number of methoxy groups -OCH3 is 1. The van der Waals surface area contributed by atoms with Crippen molar-refractivity contribution in [3.8, 4) is 17.5 Å². The summed E-state index contributed by atoms with van der Waals surface area (Å²) >= 11 is 0. The molecule has 0 aliphatic heterocycles. The van der Waals surface area contributed by atoms with Crippen molar-refractivity contribution < 1.29 is 14.3 Å². The number of rotatable bonds is 4. The molecule has 1 heterocycles. The number of hydrogen-bond donors (Lipinski definition) is 0. The summed E-state index contributed by atoms with van der Waals surface area (Å²) in [6.45, 7) is 1.92. The molecule has 0 saturated heterocycles. The van der Waals surface area contributed by atoms with Crippen molar-refractivity contribution in [3.63, 3.8) is 0 Å². The summed E-state index contributed by atoms with van der Waals surface area (Å²) in [7, 11) is 1.46. The Labute approximate surface area is 114 Å². The maximum atomic E-state index is 11.4. The Morgan fingerprint density at radius 2 is 2.30 bits per heavy atom. The first kappa shape index (κ1) is 13.5. The molecule has 8 heteroatoms. The average Bonchev–Trinajstić information content (AvgIpc) is 2.96. The zero-order valence-electron chi connectivity index (χ0n) is 10.9. The van der Waals surface area contributed by atoms with E-state index in [9.17, 15) is 4.79 Å². The van der Waals surface area contributed by atoms with Gasteiger partial charge in [0.25, 0.3) is 5.82 Å². The second-order valence-electron chi connectivity index (χ2n) is 3.62. The normalized spacial score (nSPS) is 9.85. The van der Waals surface area contributed by atoms with Gasteiger partial charge in [0, 0.05) is 6.07 Å². The molecular formula is C12H11N5O3. The van der Waals surface area contributed by atoms with E-state index in [2.05, 4.69) is 15.4 Å². The van der Waals surface area contributed by atoms with Crippen molar-refractivity contribution in [2.24, 2.45) is 0 Å². The summed E-state index contributed by atoms with van der Waals surface area (Å²) in [4.78, 5) is 12.6. The van der Waals surface area contributed by atoms with E-state index in [0.717, 1.165) is 4.80 Å². The summed E-state index contributed by atoms with van der Waals surface area (Å²) in [5.74, 6) is -0.380. The van der Waals surface area contributed by atoms with E-state index in [1.807, 2.05) is 6.07 Å². The molecule has 0 amide bonds. The molecule has 0 spiro atoms. The van der Waals surface area contributed by atoms with Crippen LogP contribution in [0, 0.1) is 11.3 Å². The molecule has 1 aromatic carbocycles. The molecule has 0 atom stereocenters. The first-order valence-corrected chi connectivity index (χ1v) is 5.75. The quantitative estimate of drug-likeness (QED) is 0.756. The predicted molar refractivity (Wildman–Crippen MR) is 66.4 cm³/mol. The van der Waals surface area contributed by atoms with Gasteiger partial charge in [0.15, 0.2) is 0 Å². The molecule has 20 heavy (non-hydrogen) atoms. The van der Waals surface area contributed by atoms with Crippen molar-refractivity contribution in [3.05, 3.63) is 29.6 Å². The average molecular weight is 273 g/mol. The first-order chi connectivity index (χ1) is 9.69. The van der Waals surface area contributed by atoms with Gasteiger partial charge in [-0.25, -0.2) is 4.79 Å². The maximum Gasteiger partial charge on any atom is 0.380 e. The summed E-state index contributed by atoms with van der Waals surface area (Å²) in [6.07, 6.45) is 0. The summed E-state index contributed by atoms with van der Waals surface area (Å²) < 4.78 is 9.86. The Morgan fingerprint density at radius 1 is 1.50 bits per heavy atom. The van der Waals surface area contributed by atoms with Crippen LogP contribution in [0.2, 0.25) is 0 Å².